The number of rotatable bonds is 1. The topological polar surface area (TPSA) is 29.9 Å². The lowest BCUT2D eigenvalue weighted by atomic mass is 9.92. The molecule has 1 aromatic heterocycles. The van der Waals surface area contributed by atoms with Crippen molar-refractivity contribution in [2.45, 2.75) is 25.8 Å². The quantitative estimate of drug-likeness (QED) is 0.707. The molecule has 0 amide bonds. The molecule has 2 heterocycles. The summed E-state index contributed by atoms with van der Waals surface area (Å²) in [5.41, 5.74) is 0. The molecule has 1 N–H and O–H groups in total. The van der Waals surface area contributed by atoms with Crippen molar-refractivity contribution in [1.82, 2.24) is 14.9 Å². The van der Waals surface area contributed by atoms with Gasteiger partial charge in [0.25, 0.3) is 0 Å². The fourth-order valence-electron chi connectivity index (χ4n) is 2.07. The van der Waals surface area contributed by atoms with Gasteiger partial charge in [-0.15, -0.1) is 0 Å². The highest BCUT2D eigenvalue weighted by molar-refractivity contribution is 5.01. The molecule has 3 heteroatoms. The van der Waals surface area contributed by atoms with Gasteiger partial charge < -0.3 is 9.88 Å². The predicted octanol–water partition coefficient (Wildman–Crippen LogP) is 1.48. The number of nitrogens with one attached hydrogen (secondary N) is 1. The summed E-state index contributed by atoms with van der Waals surface area (Å²) in [5, 5.41) is 3.53. The van der Waals surface area contributed by atoms with Gasteiger partial charge in [0.05, 0.1) is 6.04 Å². The molecule has 2 atom stereocenters. The number of imidazole rings is 1. The maximum Gasteiger partial charge on any atom is 0.125 e. The second-order valence-electron chi connectivity index (χ2n) is 3.95. The summed E-state index contributed by atoms with van der Waals surface area (Å²) < 4.78 is 2.11. The largest absolute Gasteiger partial charge is 0.337 e. The third-order valence-corrected chi connectivity index (χ3v) is 2.91. The fourth-order valence-corrected chi connectivity index (χ4v) is 2.07. The lowest BCUT2D eigenvalue weighted by Crippen LogP contribution is -2.34. The monoisotopic (exact) mass is 179 g/mol. The minimum absolute atomic E-state index is 0.453. The summed E-state index contributed by atoms with van der Waals surface area (Å²) in [6.07, 6.45) is 6.49. The van der Waals surface area contributed by atoms with Crippen LogP contribution in [0.15, 0.2) is 12.4 Å². The standard InChI is InChI=1S/C10H17N3/c1-8-4-3-5-11-9(8)10-12-6-7-13(10)2/h6-9,11H,3-5H2,1-2H3. The van der Waals surface area contributed by atoms with Crippen LogP contribution in [0.3, 0.4) is 0 Å². The maximum atomic E-state index is 4.39. The summed E-state index contributed by atoms with van der Waals surface area (Å²) in [7, 11) is 2.06. The van der Waals surface area contributed by atoms with Crippen LogP contribution in [0.1, 0.15) is 31.6 Å². The molecule has 0 radical (unpaired) electrons. The molecule has 0 saturated carbocycles. The molecule has 72 valence electrons. The van der Waals surface area contributed by atoms with Gasteiger partial charge in [-0.25, -0.2) is 4.98 Å². The Morgan fingerprint density at radius 1 is 1.62 bits per heavy atom. The number of hydrogen-bond donors (Lipinski definition) is 1. The van der Waals surface area contributed by atoms with Crippen LogP contribution in [0.4, 0.5) is 0 Å². The highest BCUT2D eigenvalue weighted by atomic mass is 15.1. The van der Waals surface area contributed by atoms with Crippen LogP contribution >= 0.6 is 0 Å². The highest BCUT2D eigenvalue weighted by Crippen LogP contribution is 2.26. The predicted molar refractivity (Wildman–Crippen MR) is 52.3 cm³/mol. The Balaban J connectivity index is 2.19. The Kier molecular flexibility index (Phi) is 2.36. The molecule has 0 spiro atoms. The summed E-state index contributed by atoms with van der Waals surface area (Å²) in [6.45, 7) is 3.42. The third-order valence-electron chi connectivity index (χ3n) is 2.91. The third kappa shape index (κ3) is 1.61. The first-order valence-corrected chi connectivity index (χ1v) is 4.99. The highest BCUT2D eigenvalue weighted by Gasteiger charge is 2.24. The van der Waals surface area contributed by atoms with E-state index in [1.54, 1.807) is 0 Å². The zero-order chi connectivity index (χ0) is 9.26. The smallest absolute Gasteiger partial charge is 0.125 e. The van der Waals surface area contributed by atoms with E-state index in [0.29, 0.717) is 12.0 Å². The first kappa shape index (κ1) is 8.75. The van der Waals surface area contributed by atoms with Crippen LogP contribution in [-0.4, -0.2) is 16.1 Å². The van der Waals surface area contributed by atoms with Crippen molar-refractivity contribution in [2.24, 2.45) is 13.0 Å². The molecule has 2 rings (SSSR count). The zero-order valence-corrected chi connectivity index (χ0v) is 8.33. The first-order valence-electron chi connectivity index (χ1n) is 4.99. The van der Waals surface area contributed by atoms with E-state index in [2.05, 4.69) is 28.8 Å². The van der Waals surface area contributed by atoms with E-state index in [4.69, 9.17) is 0 Å². The van der Waals surface area contributed by atoms with Gasteiger partial charge in [-0.1, -0.05) is 6.92 Å². The summed E-state index contributed by atoms with van der Waals surface area (Å²) in [6, 6.07) is 0.453. The molecular weight excluding hydrogens is 162 g/mol. The van der Waals surface area contributed by atoms with E-state index >= 15 is 0 Å². The minimum Gasteiger partial charge on any atom is -0.337 e. The van der Waals surface area contributed by atoms with E-state index < -0.39 is 0 Å². The van der Waals surface area contributed by atoms with Crippen LogP contribution in [-0.2, 0) is 7.05 Å². The Labute approximate surface area is 79.2 Å². The number of hydrogen-bond acceptors (Lipinski definition) is 2. The van der Waals surface area contributed by atoms with Gasteiger partial charge in [0, 0.05) is 19.4 Å². The van der Waals surface area contributed by atoms with E-state index in [1.165, 1.54) is 18.7 Å². The lowest BCUT2D eigenvalue weighted by Gasteiger charge is -2.29. The van der Waals surface area contributed by atoms with Crippen molar-refractivity contribution in [1.29, 1.82) is 0 Å². The van der Waals surface area contributed by atoms with Gasteiger partial charge in [0.1, 0.15) is 5.82 Å². The van der Waals surface area contributed by atoms with Gasteiger partial charge >= 0.3 is 0 Å². The van der Waals surface area contributed by atoms with Gasteiger partial charge in [-0.2, -0.15) is 0 Å². The average molecular weight is 179 g/mol. The Hall–Kier alpha value is -0.830. The normalized spacial score (nSPS) is 29.1. The van der Waals surface area contributed by atoms with Crippen molar-refractivity contribution in [3.05, 3.63) is 18.2 Å². The van der Waals surface area contributed by atoms with E-state index in [0.717, 1.165) is 6.54 Å². The number of aryl methyl sites for hydroxylation is 1. The minimum atomic E-state index is 0.453. The molecule has 1 aliphatic heterocycles. The van der Waals surface area contributed by atoms with Gasteiger partial charge in [0.2, 0.25) is 0 Å². The fraction of sp³-hybridized carbons (Fsp3) is 0.700. The SMILES string of the molecule is CC1CCCNC1c1nccn1C. The van der Waals surface area contributed by atoms with Crippen molar-refractivity contribution in [2.75, 3.05) is 6.54 Å². The second kappa shape index (κ2) is 3.50. The van der Waals surface area contributed by atoms with E-state index in [1.807, 2.05) is 12.4 Å². The molecule has 0 aliphatic carbocycles. The van der Waals surface area contributed by atoms with Crippen LogP contribution in [0.25, 0.3) is 0 Å². The Bertz CT molecular complexity index is 279. The lowest BCUT2D eigenvalue weighted by molar-refractivity contribution is 0.290. The van der Waals surface area contributed by atoms with Crippen molar-refractivity contribution in [3.63, 3.8) is 0 Å². The molecule has 0 aromatic carbocycles. The molecule has 3 nitrogen and oxygen atoms in total. The maximum absolute atomic E-state index is 4.39. The zero-order valence-electron chi connectivity index (χ0n) is 8.33. The van der Waals surface area contributed by atoms with Crippen molar-refractivity contribution >= 4 is 0 Å². The Morgan fingerprint density at radius 2 is 2.46 bits per heavy atom. The van der Waals surface area contributed by atoms with Crippen molar-refractivity contribution < 1.29 is 0 Å². The van der Waals surface area contributed by atoms with E-state index in [-0.39, 0.29) is 0 Å². The van der Waals surface area contributed by atoms with Gasteiger partial charge in [-0.05, 0) is 25.3 Å². The molecule has 1 fully saturated rings. The van der Waals surface area contributed by atoms with Gasteiger partial charge in [0.15, 0.2) is 0 Å². The van der Waals surface area contributed by atoms with Crippen LogP contribution in [0, 0.1) is 5.92 Å². The molecule has 2 unspecified atom stereocenters. The molecule has 13 heavy (non-hydrogen) atoms. The van der Waals surface area contributed by atoms with Crippen molar-refractivity contribution in [3.8, 4) is 0 Å². The molecule has 1 aliphatic rings. The van der Waals surface area contributed by atoms with Crippen LogP contribution in [0.2, 0.25) is 0 Å². The molecular formula is C10H17N3. The summed E-state index contributed by atoms with van der Waals surface area (Å²) in [5.74, 6) is 1.88. The van der Waals surface area contributed by atoms with E-state index in [9.17, 15) is 0 Å². The van der Waals surface area contributed by atoms with Gasteiger partial charge in [-0.3, -0.25) is 0 Å². The van der Waals surface area contributed by atoms with Crippen LogP contribution < -0.4 is 5.32 Å². The average Bonchev–Trinajstić information content (AvgIpc) is 2.52. The molecule has 1 saturated heterocycles. The number of piperidine rings is 1. The molecule has 1 aromatic rings. The van der Waals surface area contributed by atoms with Crippen LogP contribution in [0.5, 0.6) is 0 Å². The summed E-state index contributed by atoms with van der Waals surface area (Å²) in [4.78, 5) is 4.39. The molecule has 0 bridgehead atoms. The Morgan fingerprint density at radius 3 is 3.08 bits per heavy atom. The first-order chi connectivity index (χ1) is 6.29. The second-order valence-corrected chi connectivity index (χ2v) is 3.95. The summed E-state index contributed by atoms with van der Waals surface area (Å²) >= 11 is 0. The number of nitrogens with zero attached hydrogens (tertiary/aromatic N) is 2. The number of aromatic nitrogens is 2.